The number of fused-ring (bicyclic) bond motifs is 1. The Labute approximate surface area is 100 Å². The largest absolute Gasteiger partial charge is 0.350 e. The zero-order valence-electron chi connectivity index (χ0n) is 10.3. The van der Waals surface area contributed by atoms with Gasteiger partial charge in [-0.05, 0) is 43.7 Å². The molecule has 17 heavy (non-hydrogen) atoms. The predicted molar refractivity (Wildman–Crippen MR) is 67.7 cm³/mol. The average Bonchev–Trinajstić information content (AvgIpc) is 3.00. The highest BCUT2D eigenvalue weighted by Crippen LogP contribution is 2.50. The van der Waals surface area contributed by atoms with Crippen LogP contribution in [0.25, 0.3) is 10.9 Å². The van der Waals surface area contributed by atoms with Gasteiger partial charge in [-0.1, -0.05) is 0 Å². The monoisotopic (exact) mass is 232 g/mol. The molecule has 1 saturated carbocycles. The van der Waals surface area contributed by atoms with E-state index in [1.54, 1.807) is 12.1 Å². The number of hydrogen-bond acceptors (Lipinski definition) is 1. The first-order valence-electron chi connectivity index (χ1n) is 6.06. The topological polar surface area (TPSA) is 17.0 Å². The molecule has 0 amide bonds. The Bertz CT molecular complexity index is 567. The number of rotatable bonds is 3. The van der Waals surface area contributed by atoms with E-state index in [2.05, 4.69) is 11.5 Å². The normalized spacial score (nSPS) is 17.6. The molecule has 1 aliphatic carbocycles. The van der Waals surface area contributed by atoms with Crippen LogP contribution in [-0.4, -0.2) is 18.2 Å². The van der Waals surface area contributed by atoms with Gasteiger partial charge in [0.1, 0.15) is 5.82 Å². The summed E-state index contributed by atoms with van der Waals surface area (Å²) >= 11 is 0. The number of hydrogen-bond donors (Lipinski definition) is 1. The minimum Gasteiger partial charge on any atom is -0.350 e. The smallest absolute Gasteiger partial charge is 0.125 e. The summed E-state index contributed by atoms with van der Waals surface area (Å²) in [7, 11) is 3.98. The van der Waals surface area contributed by atoms with Gasteiger partial charge in [-0.2, -0.15) is 0 Å². The molecular formula is C14H17FN2. The molecule has 0 atom stereocenters. The maximum absolute atomic E-state index is 13.3. The van der Waals surface area contributed by atoms with Crippen molar-refractivity contribution in [1.29, 1.82) is 0 Å². The number of aromatic nitrogens is 1. The van der Waals surface area contributed by atoms with Crippen molar-refractivity contribution in [1.82, 2.24) is 9.88 Å². The second-order valence-corrected chi connectivity index (χ2v) is 5.13. The molecule has 0 radical (unpaired) electrons. The SMILES string of the molecule is CNCC1(c2cn(C)c3cc(F)ccc23)CC1. The van der Waals surface area contributed by atoms with E-state index < -0.39 is 0 Å². The summed E-state index contributed by atoms with van der Waals surface area (Å²) in [6.45, 7) is 1.00. The zero-order valence-corrected chi connectivity index (χ0v) is 10.3. The predicted octanol–water partition coefficient (Wildman–Crippen LogP) is 2.57. The van der Waals surface area contributed by atoms with Crippen LogP contribution in [0.5, 0.6) is 0 Å². The van der Waals surface area contributed by atoms with E-state index in [-0.39, 0.29) is 11.2 Å². The number of halogens is 1. The van der Waals surface area contributed by atoms with Crippen molar-refractivity contribution >= 4 is 10.9 Å². The van der Waals surface area contributed by atoms with Crippen molar-refractivity contribution in [3.8, 4) is 0 Å². The van der Waals surface area contributed by atoms with Crippen LogP contribution in [0.15, 0.2) is 24.4 Å². The highest BCUT2D eigenvalue weighted by molar-refractivity contribution is 5.85. The molecule has 0 bridgehead atoms. The highest BCUT2D eigenvalue weighted by Gasteiger charge is 2.45. The molecule has 1 N–H and O–H groups in total. The van der Waals surface area contributed by atoms with E-state index >= 15 is 0 Å². The fraction of sp³-hybridized carbons (Fsp3) is 0.429. The number of nitrogens with one attached hydrogen (secondary N) is 1. The molecule has 90 valence electrons. The summed E-state index contributed by atoms with van der Waals surface area (Å²) in [6.07, 6.45) is 4.61. The summed E-state index contributed by atoms with van der Waals surface area (Å²) < 4.78 is 15.3. The van der Waals surface area contributed by atoms with Gasteiger partial charge >= 0.3 is 0 Å². The molecule has 1 fully saturated rings. The van der Waals surface area contributed by atoms with Gasteiger partial charge in [-0.15, -0.1) is 0 Å². The summed E-state index contributed by atoms with van der Waals surface area (Å²) in [5, 5.41) is 4.47. The third kappa shape index (κ3) is 1.57. The standard InChI is InChI=1S/C14H17FN2/c1-16-9-14(5-6-14)12-8-17(2)13-7-10(15)3-4-11(12)13/h3-4,7-8,16H,5-6,9H2,1-2H3. The molecule has 0 aliphatic heterocycles. The van der Waals surface area contributed by atoms with Crippen molar-refractivity contribution in [3.05, 3.63) is 35.8 Å². The lowest BCUT2D eigenvalue weighted by Gasteiger charge is -2.13. The lowest BCUT2D eigenvalue weighted by atomic mass is 9.95. The molecule has 0 unspecified atom stereocenters. The quantitative estimate of drug-likeness (QED) is 0.860. The fourth-order valence-corrected chi connectivity index (χ4v) is 2.81. The van der Waals surface area contributed by atoms with Crippen molar-refractivity contribution in [2.24, 2.45) is 7.05 Å². The van der Waals surface area contributed by atoms with Crippen LogP contribution in [0, 0.1) is 5.82 Å². The van der Waals surface area contributed by atoms with Crippen LogP contribution in [0.1, 0.15) is 18.4 Å². The fourth-order valence-electron chi connectivity index (χ4n) is 2.81. The van der Waals surface area contributed by atoms with Crippen molar-refractivity contribution < 1.29 is 4.39 Å². The zero-order chi connectivity index (χ0) is 12.0. The van der Waals surface area contributed by atoms with Crippen LogP contribution in [0.3, 0.4) is 0 Å². The number of nitrogens with zero attached hydrogens (tertiary/aromatic N) is 1. The lowest BCUT2D eigenvalue weighted by molar-refractivity contribution is 0.626. The molecule has 3 heteroatoms. The van der Waals surface area contributed by atoms with Gasteiger partial charge in [-0.3, -0.25) is 0 Å². The molecule has 2 nitrogen and oxygen atoms in total. The van der Waals surface area contributed by atoms with Crippen molar-refractivity contribution in [2.75, 3.05) is 13.6 Å². The van der Waals surface area contributed by atoms with E-state index in [1.807, 2.05) is 24.7 Å². The first-order valence-corrected chi connectivity index (χ1v) is 6.06. The average molecular weight is 232 g/mol. The van der Waals surface area contributed by atoms with E-state index in [1.165, 1.54) is 23.8 Å². The number of aryl methyl sites for hydroxylation is 1. The van der Waals surface area contributed by atoms with Crippen LogP contribution < -0.4 is 5.32 Å². The second-order valence-electron chi connectivity index (χ2n) is 5.13. The third-order valence-corrected chi connectivity index (χ3v) is 3.89. The van der Waals surface area contributed by atoms with Crippen LogP contribution >= 0.6 is 0 Å². The first-order chi connectivity index (χ1) is 8.16. The Morgan fingerprint density at radius 1 is 1.41 bits per heavy atom. The van der Waals surface area contributed by atoms with E-state index in [9.17, 15) is 4.39 Å². The summed E-state index contributed by atoms with van der Waals surface area (Å²) in [5.41, 5.74) is 2.64. The van der Waals surface area contributed by atoms with E-state index in [4.69, 9.17) is 0 Å². The van der Waals surface area contributed by atoms with Crippen LogP contribution in [0.4, 0.5) is 4.39 Å². The lowest BCUT2D eigenvalue weighted by Crippen LogP contribution is -2.23. The van der Waals surface area contributed by atoms with E-state index in [0.717, 1.165) is 12.1 Å². The second kappa shape index (κ2) is 3.57. The Balaban J connectivity index is 2.18. The van der Waals surface area contributed by atoms with Gasteiger partial charge in [0, 0.05) is 30.6 Å². The minimum absolute atomic E-state index is 0.163. The molecule has 2 aromatic rings. The maximum Gasteiger partial charge on any atom is 0.125 e. The van der Waals surface area contributed by atoms with Crippen LogP contribution in [0.2, 0.25) is 0 Å². The minimum atomic E-state index is -0.163. The highest BCUT2D eigenvalue weighted by atomic mass is 19.1. The third-order valence-electron chi connectivity index (χ3n) is 3.89. The van der Waals surface area contributed by atoms with Crippen molar-refractivity contribution in [3.63, 3.8) is 0 Å². The van der Waals surface area contributed by atoms with Gasteiger partial charge < -0.3 is 9.88 Å². The molecule has 1 aromatic carbocycles. The Kier molecular flexibility index (Phi) is 2.26. The van der Waals surface area contributed by atoms with Gasteiger partial charge in [-0.25, -0.2) is 4.39 Å². The van der Waals surface area contributed by atoms with Crippen LogP contribution in [-0.2, 0) is 12.5 Å². The molecule has 0 saturated heterocycles. The Hall–Kier alpha value is -1.35. The molecular weight excluding hydrogens is 215 g/mol. The summed E-state index contributed by atoms with van der Waals surface area (Å²) in [4.78, 5) is 0. The molecule has 1 heterocycles. The van der Waals surface area contributed by atoms with Gasteiger partial charge in [0.2, 0.25) is 0 Å². The Morgan fingerprint density at radius 3 is 2.82 bits per heavy atom. The summed E-state index contributed by atoms with van der Waals surface area (Å²) in [6, 6.07) is 5.09. The number of benzene rings is 1. The van der Waals surface area contributed by atoms with Crippen molar-refractivity contribution in [2.45, 2.75) is 18.3 Å². The molecule has 0 spiro atoms. The van der Waals surface area contributed by atoms with Gasteiger partial charge in [0.05, 0.1) is 5.52 Å². The van der Waals surface area contributed by atoms with Gasteiger partial charge in [0.15, 0.2) is 0 Å². The van der Waals surface area contributed by atoms with E-state index in [0.29, 0.717) is 0 Å². The molecule has 3 rings (SSSR count). The maximum atomic E-state index is 13.3. The molecule has 1 aliphatic rings. The Morgan fingerprint density at radius 2 is 2.18 bits per heavy atom. The first kappa shape index (κ1) is 10.8. The summed E-state index contributed by atoms with van der Waals surface area (Å²) in [5.74, 6) is -0.163. The van der Waals surface area contributed by atoms with Gasteiger partial charge in [0.25, 0.3) is 0 Å². The molecule has 1 aromatic heterocycles. The number of likely N-dealkylation sites (N-methyl/N-ethyl adjacent to an activating group) is 1.